The second kappa shape index (κ2) is 8.78. The van der Waals surface area contributed by atoms with Crippen LogP contribution in [0.25, 0.3) is 22.2 Å². The Balaban J connectivity index is 1.64. The van der Waals surface area contributed by atoms with Crippen LogP contribution in [0.4, 0.5) is 0 Å². The van der Waals surface area contributed by atoms with Gasteiger partial charge in [-0.3, -0.25) is 9.97 Å². The molecule has 32 heavy (non-hydrogen) atoms. The van der Waals surface area contributed by atoms with Gasteiger partial charge in [0, 0.05) is 23.3 Å². The van der Waals surface area contributed by atoms with E-state index in [1.165, 1.54) is 11.8 Å². The minimum absolute atomic E-state index is 0.0573. The molecule has 0 saturated carbocycles. The third kappa shape index (κ3) is 4.55. The van der Waals surface area contributed by atoms with Crippen molar-refractivity contribution in [2.45, 2.75) is 32.3 Å². The molecule has 3 heterocycles. The fourth-order valence-electron chi connectivity index (χ4n) is 3.22. The van der Waals surface area contributed by atoms with Crippen molar-refractivity contribution in [3.05, 3.63) is 71.1 Å². The molecule has 164 valence electrons. The molecule has 7 nitrogen and oxygen atoms in total. The topological polar surface area (TPSA) is 101 Å². The Kier molecular flexibility index (Phi) is 6.06. The van der Waals surface area contributed by atoms with E-state index >= 15 is 0 Å². The Bertz CT molecular complexity index is 1260. The maximum absolute atomic E-state index is 9.77. The van der Waals surface area contributed by atoms with E-state index in [1.54, 1.807) is 24.5 Å². The Morgan fingerprint density at radius 3 is 2.44 bits per heavy atom. The number of pyridine rings is 2. The van der Waals surface area contributed by atoms with E-state index in [-0.39, 0.29) is 5.41 Å². The molecule has 0 fully saturated rings. The molecular formula is C24H23ClN4O3. The third-order valence-electron chi connectivity index (χ3n) is 5.11. The lowest BCUT2D eigenvalue weighted by atomic mass is 9.87. The van der Waals surface area contributed by atoms with Crippen molar-refractivity contribution in [3.8, 4) is 23.0 Å². The van der Waals surface area contributed by atoms with Crippen LogP contribution in [0, 0.1) is 0 Å². The Morgan fingerprint density at radius 2 is 1.78 bits per heavy atom. The number of benzene rings is 1. The lowest BCUT2D eigenvalue weighted by Crippen LogP contribution is -2.10. The number of nitrogens with zero attached hydrogens (tertiary/aromatic N) is 4. The van der Waals surface area contributed by atoms with E-state index in [4.69, 9.17) is 21.4 Å². The van der Waals surface area contributed by atoms with E-state index < -0.39 is 12.7 Å². The first-order valence-corrected chi connectivity index (χ1v) is 10.5. The summed E-state index contributed by atoms with van der Waals surface area (Å²) in [7, 11) is 0. The van der Waals surface area contributed by atoms with Gasteiger partial charge in [-0.15, -0.1) is 5.10 Å². The molecule has 0 spiro atoms. The molecule has 0 radical (unpaired) electrons. The van der Waals surface area contributed by atoms with Gasteiger partial charge >= 0.3 is 0 Å². The van der Waals surface area contributed by atoms with Crippen LogP contribution in [0.3, 0.4) is 0 Å². The van der Waals surface area contributed by atoms with Crippen LogP contribution in [0.2, 0.25) is 5.02 Å². The first-order chi connectivity index (χ1) is 15.3. The van der Waals surface area contributed by atoms with Crippen molar-refractivity contribution in [1.29, 1.82) is 0 Å². The lowest BCUT2D eigenvalue weighted by molar-refractivity contribution is 0.0954. The van der Waals surface area contributed by atoms with Gasteiger partial charge in [-0.1, -0.05) is 44.5 Å². The predicted octanol–water partition coefficient (Wildman–Crippen LogP) is 4.86. The Morgan fingerprint density at radius 1 is 1.03 bits per heavy atom. The molecule has 0 amide bonds. The standard InChI is InChI=1S/C24H23ClN4O3/c1-24(2,3)16-4-6-17(7-5-16)32-23-18-12-26-20(9-14(18)11-28-29-23)22-19(25)8-15(10-27-22)21(31)13-30/h4-12,21,30-31H,13H2,1-3H3/t21-/m0/s1. The summed E-state index contributed by atoms with van der Waals surface area (Å²) in [6, 6.07) is 11.3. The summed E-state index contributed by atoms with van der Waals surface area (Å²) in [5.74, 6) is 1.01. The zero-order chi connectivity index (χ0) is 22.9. The molecule has 4 rings (SSSR count). The van der Waals surface area contributed by atoms with Crippen molar-refractivity contribution < 1.29 is 14.9 Å². The zero-order valence-electron chi connectivity index (χ0n) is 18.0. The highest BCUT2D eigenvalue weighted by Crippen LogP contribution is 2.32. The fraction of sp³-hybridized carbons (Fsp3) is 0.250. The van der Waals surface area contributed by atoms with Gasteiger partial charge in [-0.25, -0.2) is 0 Å². The monoisotopic (exact) mass is 450 g/mol. The quantitative estimate of drug-likeness (QED) is 0.447. The first kappa shape index (κ1) is 22.1. The summed E-state index contributed by atoms with van der Waals surface area (Å²) in [4.78, 5) is 8.78. The van der Waals surface area contributed by atoms with E-state index in [2.05, 4.69) is 40.9 Å². The molecule has 2 N–H and O–H groups in total. The van der Waals surface area contributed by atoms with E-state index in [0.717, 1.165) is 5.39 Å². The number of fused-ring (bicyclic) bond motifs is 1. The molecule has 0 saturated heterocycles. The summed E-state index contributed by atoms with van der Waals surface area (Å²) >= 11 is 6.35. The molecule has 4 aromatic rings. The molecule has 8 heteroatoms. The largest absolute Gasteiger partial charge is 0.437 e. The normalized spacial score (nSPS) is 12.7. The predicted molar refractivity (Wildman–Crippen MR) is 123 cm³/mol. The maximum Gasteiger partial charge on any atom is 0.248 e. The Labute approximate surface area is 190 Å². The smallest absolute Gasteiger partial charge is 0.248 e. The molecular weight excluding hydrogens is 428 g/mol. The molecule has 1 atom stereocenters. The van der Waals surface area contributed by atoms with Gasteiger partial charge in [0.15, 0.2) is 0 Å². The number of aliphatic hydroxyl groups is 2. The van der Waals surface area contributed by atoms with E-state index in [9.17, 15) is 5.11 Å². The van der Waals surface area contributed by atoms with Crippen LogP contribution in [0.1, 0.15) is 38.0 Å². The van der Waals surface area contributed by atoms with Crippen LogP contribution in [-0.4, -0.2) is 37.0 Å². The number of ether oxygens (including phenoxy) is 1. The molecule has 0 aliphatic heterocycles. The maximum atomic E-state index is 9.77. The molecule has 0 bridgehead atoms. The lowest BCUT2D eigenvalue weighted by Gasteiger charge is -2.19. The number of aromatic nitrogens is 4. The van der Waals surface area contributed by atoms with Crippen molar-refractivity contribution in [2.24, 2.45) is 0 Å². The summed E-state index contributed by atoms with van der Waals surface area (Å²) < 4.78 is 5.98. The van der Waals surface area contributed by atoms with Gasteiger partial charge in [-0.05, 0) is 35.2 Å². The fourth-order valence-corrected chi connectivity index (χ4v) is 3.49. The van der Waals surface area contributed by atoms with Crippen LogP contribution >= 0.6 is 11.6 Å². The minimum Gasteiger partial charge on any atom is -0.437 e. The van der Waals surface area contributed by atoms with Crippen LogP contribution < -0.4 is 4.74 Å². The van der Waals surface area contributed by atoms with Crippen molar-refractivity contribution >= 4 is 22.4 Å². The van der Waals surface area contributed by atoms with Gasteiger partial charge in [0.25, 0.3) is 0 Å². The molecule has 0 aliphatic carbocycles. The summed E-state index contributed by atoms with van der Waals surface area (Å²) in [6.45, 7) is 6.06. The van der Waals surface area contributed by atoms with E-state index in [0.29, 0.717) is 39.0 Å². The first-order valence-electron chi connectivity index (χ1n) is 10.1. The number of hydrogen-bond acceptors (Lipinski definition) is 7. The van der Waals surface area contributed by atoms with Gasteiger partial charge in [0.2, 0.25) is 5.88 Å². The van der Waals surface area contributed by atoms with Crippen molar-refractivity contribution in [3.63, 3.8) is 0 Å². The van der Waals surface area contributed by atoms with Gasteiger partial charge in [0.05, 0.1) is 28.9 Å². The highest BCUT2D eigenvalue weighted by molar-refractivity contribution is 6.33. The van der Waals surface area contributed by atoms with Crippen LogP contribution in [-0.2, 0) is 5.41 Å². The van der Waals surface area contributed by atoms with Gasteiger partial charge in [-0.2, -0.15) is 5.10 Å². The average Bonchev–Trinajstić information content (AvgIpc) is 2.78. The summed E-state index contributed by atoms with van der Waals surface area (Å²) in [5, 5.41) is 28.8. The van der Waals surface area contributed by atoms with E-state index in [1.807, 2.05) is 24.3 Å². The van der Waals surface area contributed by atoms with Crippen molar-refractivity contribution in [1.82, 2.24) is 20.2 Å². The van der Waals surface area contributed by atoms with Gasteiger partial charge in [0.1, 0.15) is 17.5 Å². The van der Waals surface area contributed by atoms with Crippen LogP contribution in [0.15, 0.2) is 55.0 Å². The summed E-state index contributed by atoms with van der Waals surface area (Å²) in [6.07, 6.45) is 3.70. The SMILES string of the molecule is CC(C)(C)c1ccc(Oc2nncc3cc(-c4ncc([C@@H](O)CO)cc4Cl)ncc23)cc1. The second-order valence-corrected chi connectivity index (χ2v) is 8.89. The second-order valence-electron chi connectivity index (χ2n) is 8.48. The van der Waals surface area contributed by atoms with Crippen LogP contribution in [0.5, 0.6) is 11.6 Å². The summed E-state index contributed by atoms with van der Waals surface area (Å²) in [5.41, 5.74) is 2.70. The highest BCUT2D eigenvalue weighted by atomic mass is 35.5. The molecule has 0 unspecified atom stereocenters. The number of hydrogen-bond donors (Lipinski definition) is 2. The molecule has 1 aromatic carbocycles. The third-order valence-corrected chi connectivity index (χ3v) is 5.40. The van der Waals surface area contributed by atoms with Gasteiger partial charge < -0.3 is 14.9 Å². The van der Waals surface area contributed by atoms with Crippen molar-refractivity contribution in [2.75, 3.05) is 6.61 Å². The number of rotatable bonds is 5. The number of halogens is 1. The molecule has 3 aromatic heterocycles. The Hall–Kier alpha value is -3.13. The number of aliphatic hydroxyl groups excluding tert-OH is 2. The highest BCUT2D eigenvalue weighted by Gasteiger charge is 2.16. The minimum atomic E-state index is -1.04. The average molecular weight is 451 g/mol. The zero-order valence-corrected chi connectivity index (χ0v) is 18.7. The molecule has 0 aliphatic rings.